The maximum absolute atomic E-state index is 12.3. The van der Waals surface area contributed by atoms with Crippen LogP contribution in [0.4, 0.5) is 0 Å². The van der Waals surface area contributed by atoms with Crippen LogP contribution in [-0.4, -0.2) is 85.1 Å². The van der Waals surface area contributed by atoms with E-state index in [1.807, 2.05) is 0 Å². The standard InChI is InChI=1S/C23H28N4O12S/c1-12(28)36-19-18(39-23(34-4)21(38-14(3)30)20(19)37-13(2)29)10-27-9-16(25-26-27)11-35-22(31)15-5-7-17(8-6-15)40(24,32)33/h5-9,18-21,23H,10-11H2,1-4H3,(H2,24,32,33)/t18-,19-,20+,21-,23+/m1/s1. The molecule has 1 aromatic carbocycles. The number of benzene rings is 1. The Balaban J connectivity index is 1.73. The van der Waals surface area contributed by atoms with Gasteiger partial charge < -0.3 is 28.4 Å². The van der Waals surface area contributed by atoms with Crippen molar-refractivity contribution in [1.82, 2.24) is 15.0 Å². The number of carbonyl (C=O) groups is 4. The highest BCUT2D eigenvalue weighted by Gasteiger charge is 2.52. The number of ether oxygens (including phenoxy) is 6. The van der Waals surface area contributed by atoms with E-state index in [9.17, 15) is 27.6 Å². The molecule has 1 saturated heterocycles. The molecule has 2 N–H and O–H groups in total. The minimum absolute atomic E-state index is 0.0850. The lowest BCUT2D eigenvalue weighted by Crippen LogP contribution is -2.62. The van der Waals surface area contributed by atoms with Gasteiger partial charge in [-0.1, -0.05) is 5.21 Å². The second-order valence-corrected chi connectivity index (χ2v) is 10.1. The van der Waals surface area contributed by atoms with Crippen molar-refractivity contribution in [2.45, 2.75) is 69.5 Å². The number of aromatic nitrogens is 3. The van der Waals surface area contributed by atoms with E-state index in [-0.39, 0.29) is 29.3 Å². The fourth-order valence-corrected chi connectivity index (χ4v) is 4.39. The Labute approximate surface area is 228 Å². The minimum Gasteiger partial charge on any atom is -0.456 e. The number of esters is 4. The van der Waals surface area contributed by atoms with Crippen molar-refractivity contribution in [2.24, 2.45) is 5.14 Å². The molecule has 16 nitrogen and oxygen atoms in total. The lowest BCUT2D eigenvalue weighted by Gasteiger charge is -2.43. The average Bonchev–Trinajstić information content (AvgIpc) is 3.32. The normalized spacial score (nSPS) is 22.7. The fourth-order valence-electron chi connectivity index (χ4n) is 3.87. The Bertz CT molecular complexity index is 1340. The summed E-state index contributed by atoms with van der Waals surface area (Å²) in [6, 6.07) is 4.86. The molecule has 1 aliphatic heterocycles. The third-order valence-corrected chi connectivity index (χ3v) is 6.38. The second-order valence-electron chi connectivity index (χ2n) is 8.58. The summed E-state index contributed by atoms with van der Waals surface area (Å²) in [4.78, 5) is 47.6. The number of carbonyl (C=O) groups excluding carboxylic acids is 4. The SMILES string of the molecule is CO[C@H]1O[C@H](Cn2cc(COC(=O)c3ccc(S(N)(=O)=O)cc3)nn2)[C@@H](OC(C)=O)[C@H](OC(C)=O)[C@H]1OC(C)=O. The first-order valence-corrected chi connectivity index (χ1v) is 13.2. The molecular formula is C23H28N4O12S. The van der Waals surface area contributed by atoms with Gasteiger partial charge in [-0.2, -0.15) is 0 Å². The van der Waals surface area contributed by atoms with E-state index in [2.05, 4.69) is 10.3 Å². The van der Waals surface area contributed by atoms with Gasteiger partial charge in [-0.05, 0) is 24.3 Å². The molecule has 1 aromatic heterocycles. The average molecular weight is 585 g/mol. The summed E-state index contributed by atoms with van der Waals surface area (Å²) in [6.07, 6.45) is -4.47. The predicted molar refractivity (Wildman–Crippen MR) is 129 cm³/mol. The Morgan fingerprint density at radius 2 is 1.52 bits per heavy atom. The van der Waals surface area contributed by atoms with Crippen molar-refractivity contribution in [1.29, 1.82) is 0 Å². The molecule has 1 fully saturated rings. The van der Waals surface area contributed by atoms with Crippen molar-refractivity contribution >= 4 is 33.9 Å². The van der Waals surface area contributed by atoms with Gasteiger partial charge in [-0.3, -0.25) is 14.4 Å². The van der Waals surface area contributed by atoms with Crippen LogP contribution in [0.2, 0.25) is 0 Å². The van der Waals surface area contributed by atoms with Crippen molar-refractivity contribution < 1.29 is 56.0 Å². The fraction of sp³-hybridized carbons (Fsp3) is 0.478. The topological polar surface area (TPSA) is 215 Å². The molecular weight excluding hydrogens is 556 g/mol. The van der Waals surface area contributed by atoms with Crippen molar-refractivity contribution in [3.63, 3.8) is 0 Å². The first-order chi connectivity index (χ1) is 18.8. The van der Waals surface area contributed by atoms with Gasteiger partial charge in [0.15, 0.2) is 24.6 Å². The zero-order valence-electron chi connectivity index (χ0n) is 21.9. The van der Waals surface area contributed by atoms with Crippen molar-refractivity contribution in [3.05, 3.63) is 41.7 Å². The second kappa shape index (κ2) is 12.9. The summed E-state index contributed by atoms with van der Waals surface area (Å²) in [7, 11) is -2.62. The summed E-state index contributed by atoms with van der Waals surface area (Å²) in [5.41, 5.74) is 0.330. The summed E-state index contributed by atoms with van der Waals surface area (Å²) in [5.74, 6) is -2.89. The zero-order valence-corrected chi connectivity index (χ0v) is 22.7. The summed E-state index contributed by atoms with van der Waals surface area (Å²) in [5, 5.41) is 12.9. The van der Waals surface area contributed by atoms with Crippen LogP contribution in [0, 0.1) is 0 Å². The highest BCUT2D eigenvalue weighted by atomic mass is 32.2. The van der Waals surface area contributed by atoms with Crippen LogP contribution in [-0.2, 0) is 66.0 Å². The van der Waals surface area contributed by atoms with Crippen LogP contribution >= 0.6 is 0 Å². The monoisotopic (exact) mass is 584 g/mol. The summed E-state index contributed by atoms with van der Waals surface area (Å²) < 4.78 is 56.4. The van der Waals surface area contributed by atoms with Crippen LogP contribution in [0.1, 0.15) is 36.8 Å². The smallest absolute Gasteiger partial charge is 0.338 e. The van der Waals surface area contributed by atoms with Crippen LogP contribution in [0.25, 0.3) is 0 Å². The van der Waals surface area contributed by atoms with Crippen molar-refractivity contribution in [3.8, 4) is 0 Å². The van der Waals surface area contributed by atoms with E-state index >= 15 is 0 Å². The van der Waals surface area contributed by atoms with Gasteiger partial charge in [0.05, 0.1) is 23.2 Å². The molecule has 0 amide bonds. The van der Waals surface area contributed by atoms with Gasteiger partial charge in [0, 0.05) is 27.9 Å². The molecule has 1 aliphatic rings. The van der Waals surface area contributed by atoms with Gasteiger partial charge in [0.1, 0.15) is 18.4 Å². The number of rotatable bonds is 10. The molecule has 0 radical (unpaired) electrons. The molecule has 218 valence electrons. The molecule has 0 bridgehead atoms. The highest BCUT2D eigenvalue weighted by molar-refractivity contribution is 7.89. The summed E-state index contributed by atoms with van der Waals surface area (Å²) >= 11 is 0. The summed E-state index contributed by atoms with van der Waals surface area (Å²) in [6.45, 7) is 3.07. The van der Waals surface area contributed by atoms with E-state index in [0.717, 1.165) is 20.8 Å². The molecule has 40 heavy (non-hydrogen) atoms. The molecule has 0 spiro atoms. The molecule has 0 saturated carbocycles. The quantitative estimate of drug-likeness (QED) is 0.274. The van der Waals surface area contributed by atoms with E-state index < -0.39 is 64.6 Å². The van der Waals surface area contributed by atoms with Crippen LogP contribution in [0.5, 0.6) is 0 Å². The van der Waals surface area contributed by atoms with Gasteiger partial charge in [-0.25, -0.2) is 23.0 Å². The first-order valence-electron chi connectivity index (χ1n) is 11.7. The van der Waals surface area contributed by atoms with Crippen LogP contribution < -0.4 is 5.14 Å². The van der Waals surface area contributed by atoms with Gasteiger partial charge >= 0.3 is 23.9 Å². The molecule has 2 aromatic rings. The number of methoxy groups -OCH3 is 1. The van der Waals surface area contributed by atoms with E-state index in [1.165, 1.54) is 42.3 Å². The predicted octanol–water partition coefficient (Wildman–Crippen LogP) is -0.551. The van der Waals surface area contributed by atoms with E-state index in [0.29, 0.717) is 0 Å². The molecule has 3 rings (SSSR count). The Kier molecular flexibility index (Phi) is 9.91. The molecule has 2 heterocycles. The number of primary sulfonamides is 1. The molecule has 17 heteroatoms. The lowest BCUT2D eigenvalue weighted by atomic mass is 9.97. The number of nitrogens with zero attached hydrogens (tertiary/aromatic N) is 3. The minimum atomic E-state index is -3.91. The number of hydrogen-bond donors (Lipinski definition) is 1. The van der Waals surface area contributed by atoms with Gasteiger partial charge in [0.25, 0.3) is 0 Å². The number of sulfonamides is 1. The third-order valence-electron chi connectivity index (χ3n) is 5.45. The van der Waals surface area contributed by atoms with Crippen LogP contribution in [0.15, 0.2) is 35.4 Å². The molecule has 0 unspecified atom stereocenters. The lowest BCUT2D eigenvalue weighted by molar-refractivity contribution is -0.300. The van der Waals surface area contributed by atoms with Gasteiger partial charge in [0.2, 0.25) is 10.0 Å². The zero-order chi connectivity index (χ0) is 29.6. The maximum Gasteiger partial charge on any atom is 0.338 e. The maximum atomic E-state index is 12.3. The van der Waals surface area contributed by atoms with Gasteiger partial charge in [-0.15, -0.1) is 5.10 Å². The largest absolute Gasteiger partial charge is 0.456 e. The Morgan fingerprint density at radius 1 is 0.950 bits per heavy atom. The number of nitrogens with two attached hydrogens (primary N) is 1. The molecule has 5 atom stereocenters. The van der Waals surface area contributed by atoms with Crippen LogP contribution in [0.3, 0.4) is 0 Å². The highest BCUT2D eigenvalue weighted by Crippen LogP contribution is 2.30. The van der Waals surface area contributed by atoms with E-state index in [1.54, 1.807) is 0 Å². The molecule has 0 aliphatic carbocycles. The first kappa shape index (κ1) is 30.6. The van der Waals surface area contributed by atoms with Crippen molar-refractivity contribution in [2.75, 3.05) is 7.11 Å². The number of hydrogen-bond acceptors (Lipinski definition) is 14. The third kappa shape index (κ3) is 8.04. The van der Waals surface area contributed by atoms with E-state index in [4.69, 9.17) is 33.6 Å². The Morgan fingerprint density at radius 3 is 2.08 bits per heavy atom. The Hall–Kier alpha value is -3.93.